The predicted molar refractivity (Wildman–Crippen MR) is 58.3 cm³/mol. The van der Waals surface area contributed by atoms with Crippen LogP contribution in [0, 0.1) is 12.7 Å². The van der Waals surface area contributed by atoms with Crippen LogP contribution in [0.4, 0.5) is 14.9 Å². The second-order valence-corrected chi connectivity index (χ2v) is 3.38. The van der Waals surface area contributed by atoms with Crippen molar-refractivity contribution in [2.45, 2.75) is 6.92 Å². The maximum atomic E-state index is 13.5. The molecule has 0 aliphatic rings. The molecule has 0 aliphatic carbocycles. The van der Waals surface area contributed by atoms with Gasteiger partial charge in [0.05, 0.1) is 5.56 Å². The summed E-state index contributed by atoms with van der Waals surface area (Å²) in [6.45, 7) is 1.57. The average molecular weight is 236 g/mol. The number of hydrogen-bond acceptors (Lipinski definition) is 3. The van der Waals surface area contributed by atoms with Crippen LogP contribution in [0.5, 0.6) is 0 Å². The van der Waals surface area contributed by atoms with Gasteiger partial charge >= 0.3 is 6.09 Å². The van der Waals surface area contributed by atoms with Crippen molar-refractivity contribution in [3.8, 4) is 11.3 Å². The van der Waals surface area contributed by atoms with E-state index in [1.54, 1.807) is 13.0 Å². The van der Waals surface area contributed by atoms with E-state index in [1.807, 2.05) is 0 Å². The monoisotopic (exact) mass is 236 g/mol. The van der Waals surface area contributed by atoms with Crippen molar-refractivity contribution in [1.29, 1.82) is 0 Å². The lowest BCUT2D eigenvalue weighted by atomic mass is 10.1. The quantitative estimate of drug-likeness (QED) is 0.840. The van der Waals surface area contributed by atoms with Gasteiger partial charge in [0.25, 0.3) is 0 Å². The van der Waals surface area contributed by atoms with E-state index in [-0.39, 0.29) is 17.0 Å². The molecule has 1 amide bonds. The molecule has 1 aromatic carbocycles. The molecule has 2 aromatic rings. The second-order valence-electron chi connectivity index (χ2n) is 3.38. The first kappa shape index (κ1) is 11.1. The number of rotatable bonds is 2. The molecule has 0 saturated carbocycles. The Morgan fingerprint density at radius 3 is 2.82 bits per heavy atom. The van der Waals surface area contributed by atoms with Crippen molar-refractivity contribution < 1.29 is 18.8 Å². The summed E-state index contributed by atoms with van der Waals surface area (Å²) in [4.78, 5) is 10.6. The Morgan fingerprint density at radius 1 is 1.47 bits per heavy atom. The lowest BCUT2D eigenvalue weighted by molar-refractivity contribution is 0.209. The average Bonchev–Trinajstić information content (AvgIpc) is 2.61. The second kappa shape index (κ2) is 4.25. The maximum Gasteiger partial charge on any atom is 0.409 e. The van der Waals surface area contributed by atoms with Crippen molar-refractivity contribution in [3.63, 3.8) is 0 Å². The highest BCUT2D eigenvalue weighted by Gasteiger charge is 2.19. The molecule has 0 spiro atoms. The Kier molecular flexibility index (Phi) is 2.78. The standard InChI is InChI=1S/C11H9FN2O3/c1-6-9(13-11(15)16)10(17-14-6)7-4-2-3-5-8(7)12/h2-5,13H,1H3,(H,15,16). The number of anilines is 1. The molecule has 0 bridgehead atoms. The third-order valence-electron chi connectivity index (χ3n) is 2.21. The minimum absolute atomic E-state index is 0.0722. The first-order valence-electron chi connectivity index (χ1n) is 4.80. The molecule has 1 aromatic heterocycles. The summed E-state index contributed by atoms with van der Waals surface area (Å²) >= 11 is 0. The Balaban J connectivity index is 2.53. The summed E-state index contributed by atoms with van der Waals surface area (Å²) in [6.07, 6.45) is -1.26. The van der Waals surface area contributed by atoms with Crippen molar-refractivity contribution in [1.82, 2.24) is 5.16 Å². The molecule has 17 heavy (non-hydrogen) atoms. The van der Waals surface area contributed by atoms with Gasteiger partial charge in [-0.15, -0.1) is 0 Å². The zero-order valence-electron chi connectivity index (χ0n) is 8.90. The van der Waals surface area contributed by atoms with Gasteiger partial charge in [0, 0.05) is 0 Å². The minimum Gasteiger partial charge on any atom is -0.465 e. The SMILES string of the molecule is Cc1noc(-c2ccccc2F)c1NC(=O)O. The first-order valence-corrected chi connectivity index (χ1v) is 4.80. The summed E-state index contributed by atoms with van der Waals surface area (Å²) in [5, 5.41) is 14.4. The molecule has 0 atom stereocenters. The lowest BCUT2D eigenvalue weighted by Crippen LogP contribution is -2.08. The van der Waals surface area contributed by atoms with E-state index >= 15 is 0 Å². The van der Waals surface area contributed by atoms with Gasteiger partial charge in [-0.3, -0.25) is 5.32 Å². The zero-order chi connectivity index (χ0) is 12.4. The van der Waals surface area contributed by atoms with Gasteiger partial charge in [-0.1, -0.05) is 17.3 Å². The van der Waals surface area contributed by atoms with Gasteiger partial charge in [0.2, 0.25) is 0 Å². The zero-order valence-corrected chi connectivity index (χ0v) is 8.90. The highest BCUT2D eigenvalue weighted by molar-refractivity contribution is 5.89. The van der Waals surface area contributed by atoms with Crippen LogP contribution in [0.1, 0.15) is 5.69 Å². The van der Waals surface area contributed by atoms with Crippen LogP contribution in [-0.4, -0.2) is 16.4 Å². The van der Waals surface area contributed by atoms with Crippen LogP contribution in [0.2, 0.25) is 0 Å². The molecule has 0 fully saturated rings. The summed E-state index contributed by atoms with van der Waals surface area (Å²) in [6, 6.07) is 5.91. The van der Waals surface area contributed by atoms with Gasteiger partial charge in [-0.05, 0) is 19.1 Å². The number of amides is 1. The Bertz CT molecular complexity index is 566. The highest BCUT2D eigenvalue weighted by atomic mass is 19.1. The van der Waals surface area contributed by atoms with Crippen molar-refractivity contribution in [3.05, 3.63) is 35.8 Å². The summed E-state index contributed by atoms with van der Waals surface area (Å²) in [7, 11) is 0. The smallest absolute Gasteiger partial charge is 0.409 e. The summed E-state index contributed by atoms with van der Waals surface area (Å²) in [5.41, 5.74) is 0.671. The molecular weight excluding hydrogens is 227 g/mol. The van der Waals surface area contributed by atoms with E-state index in [0.29, 0.717) is 5.69 Å². The molecule has 88 valence electrons. The number of benzene rings is 1. The minimum atomic E-state index is -1.26. The number of aromatic nitrogens is 1. The third-order valence-corrected chi connectivity index (χ3v) is 2.21. The largest absolute Gasteiger partial charge is 0.465 e. The van der Waals surface area contributed by atoms with Crippen LogP contribution >= 0.6 is 0 Å². The normalized spacial score (nSPS) is 10.2. The maximum absolute atomic E-state index is 13.5. The van der Waals surface area contributed by atoms with Crippen LogP contribution in [0.15, 0.2) is 28.8 Å². The van der Waals surface area contributed by atoms with Crippen LogP contribution in [-0.2, 0) is 0 Å². The number of halogens is 1. The van der Waals surface area contributed by atoms with Gasteiger partial charge < -0.3 is 9.63 Å². The van der Waals surface area contributed by atoms with E-state index in [4.69, 9.17) is 9.63 Å². The topological polar surface area (TPSA) is 75.4 Å². The van der Waals surface area contributed by atoms with Crippen LogP contribution < -0.4 is 5.32 Å². The fourth-order valence-electron chi connectivity index (χ4n) is 1.45. The molecule has 2 N–H and O–H groups in total. The highest BCUT2D eigenvalue weighted by Crippen LogP contribution is 2.32. The molecule has 0 unspecified atom stereocenters. The van der Waals surface area contributed by atoms with Gasteiger partial charge in [-0.25, -0.2) is 9.18 Å². The molecule has 0 radical (unpaired) electrons. The Morgan fingerprint density at radius 2 is 2.18 bits per heavy atom. The molecule has 2 rings (SSSR count). The molecule has 6 heteroatoms. The molecular formula is C11H9FN2O3. The summed E-state index contributed by atoms with van der Waals surface area (Å²) in [5.74, 6) is -0.430. The van der Waals surface area contributed by atoms with Gasteiger partial charge in [-0.2, -0.15) is 0 Å². The van der Waals surface area contributed by atoms with E-state index < -0.39 is 11.9 Å². The van der Waals surface area contributed by atoms with Crippen molar-refractivity contribution in [2.24, 2.45) is 0 Å². The van der Waals surface area contributed by atoms with E-state index in [9.17, 15) is 9.18 Å². The van der Waals surface area contributed by atoms with E-state index in [2.05, 4.69) is 10.5 Å². The summed E-state index contributed by atoms with van der Waals surface area (Å²) < 4.78 is 18.5. The fourth-order valence-corrected chi connectivity index (χ4v) is 1.45. The Labute approximate surface area is 95.9 Å². The van der Waals surface area contributed by atoms with Crippen molar-refractivity contribution in [2.75, 3.05) is 5.32 Å². The molecule has 1 heterocycles. The van der Waals surface area contributed by atoms with Crippen LogP contribution in [0.25, 0.3) is 11.3 Å². The third kappa shape index (κ3) is 2.10. The Hall–Kier alpha value is -2.37. The number of nitrogens with zero attached hydrogens (tertiary/aromatic N) is 1. The molecule has 0 saturated heterocycles. The number of carbonyl (C=O) groups is 1. The fraction of sp³-hybridized carbons (Fsp3) is 0.0909. The molecule has 0 aliphatic heterocycles. The van der Waals surface area contributed by atoms with Gasteiger partial charge in [0.1, 0.15) is 17.2 Å². The number of hydrogen-bond donors (Lipinski definition) is 2. The number of carboxylic acid groups (broad SMARTS) is 1. The number of aryl methyl sites for hydroxylation is 1. The van der Waals surface area contributed by atoms with E-state index in [1.165, 1.54) is 18.2 Å². The predicted octanol–water partition coefficient (Wildman–Crippen LogP) is 2.88. The first-order chi connectivity index (χ1) is 8.09. The lowest BCUT2D eigenvalue weighted by Gasteiger charge is -2.02. The van der Waals surface area contributed by atoms with E-state index in [0.717, 1.165) is 0 Å². The van der Waals surface area contributed by atoms with Gasteiger partial charge in [0.15, 0.2) is 5.76 Å². The van der Waals surface area contributed by atoms with Crippen molar-refractivity contribution >= 4 is 11.8 Å². The van der Waals surface area contributed by atoms with Crippen LogP contribution in [0.3, 0.4) is 0 Å². The molecule has 5 nitrogen and oxygen atoms in total. The number of nitrogens with one attached hydrogen (secondary N) is 1.